The normalized spacial score (nSPS) is 26.4. The SMILES string of the molecule is O=C(C1COCCN1)N1CCCC(Oc2ccccc2)C1. The molecule has 1 aromatic carbocycles. The number of piperidine rings is 1. The molecule has 2 aliphatic rings. The molecule has 0 aromatic heterocycles. The third-order valence-electron chi connectivity index (χ3n) is 3.96. The van der Waals surface area contributed by atoms with Gasteiger partial charge in [-0.2, -0.15) is 0 Å². The highest BCUT2D eigenvalue weighted by atomic mass is 16.5. The van der Waals surface area contributed by atoms with Crippen molar-refractivity contribution >= 4 is 5.91 Å². The van der Waals surface area contributed by atoms with E-state index in [9.17, 15) is 4.79 Å². The van der Waals surface area contributed by atoms with E-state index in [2.05, 4.69) is 5.32 Å². The van der Waals surface area contributed by atoms with Crippen LogP contribution in [0.15, 0.2) is 30.3 Å². The Kier molecular flexibility index (Phi) is 4.72. The maximum atomic E-state index is 12.5. The van der Waals surface area contributed by atoms with Gasteiger partial charge < -0.3 is 19.7 Å². The number of benzene rings is 1. The van der Waals surface area contributed by atoms with E-state index >= 15 is 0 Å². The Balaban J connectivity index is 1.56. The molecule has 0 saturated carbocycles. The standard InChI is InChI=1S/C16H22N2O3/c19-16(15-12-20-10-8-17-15)18-9-4-7-14(11-18)21-13-5-2-1-3-6-13/h1-3,5-6,14-15,17H,4,7-12H2. The predicted molar refractivity (Wildman–Crippen MR) is 79.3 cm³/mol. The zero-order chi connectivity index (χ0) is 14.5. The van der Waals surface area contributed by atoms with E-state index in [0.29, 0.717) is 19.8 Å². The van der Waals surface area contributed by atoms with Crippen LogP contribution in [0.2, 0.25) is 0 Å². The molecule has 0 bridgehead atoms. The van der Waals surface area contributed by atoms with Crippen LogP contribution >= 0.6 is 0 Å². The smallest absolute Gasteiger partial charge is 0.242 e. The maximum absolute atomic E-state index is 12.5. The lowest BCUT2D eigenvalue weighted by atomic mass is 10.1. The zero-order valence-electron chi connectivity index (χ0n) is 12.2. The van der Waals surface area contributed by atoms with Crippen molar-refractivity contribution in [2.75, 3.05) is 32.8 Å². The molecule has 3 rings (SSSR count). The van der Waals surface area contributed by atoms with Gasteiger partial charge in [-0.3, -0.25) is 4.79 Å². The van der Waals surface area contributed by atoms with Crippen molar-refractivity contribution in [2.45, 2.75) is 25.0 Å². The van der Waals surface area contributed by atoms with E-state index in [4.69, 9.17) is 9.47 Å². The van der Waals surface area contributed by atoms with Crippen molar-refractivity contribution in [3.63, 3.8) is 0 Å². The third-order valence-corrected chi connectivity index (χ3v) is 3.96. The highest BCUT2D eigenvalue weighted by Gasteiger charge is 2.30. The quantitative estimate of drug-likeness (QED) is 0.904. The van der Waals surface area contributed by atoms with Crippen molar-refractivity contribution < 1.29 is 14.3 Å². The van der Waals surface area contributed by atoms with Crippen LogP contribution < -0.4 is 10.1 Å². The summed E-state index contributed by atoms with van der Waals surface area (Å²) < 4.78 is 11.4. The lowest BCUT2D eigenvalue weighted by molar-refractivity contribution is -0.139. The summed E-state index contributed by atoms with van der Waals surface area (Å²) in [6.45, 7) is 3.37. The highest BCUT2D eigenvalue weighted by molar-refractivity contribution is 5.82. The Morgan fingerprint density at radius 3 is 2.95 bits per heavy atom. The molecule has 0 spiro atoms. The van der Waals surface area contributed by atoms with Gasteiger partial charge in [0.05, 0.1) is 19.8 Å². The van der Waals surface area contributed by atoms with Crippen LogP contribution in [-0.4, -0.2) is 55.8 Å². The zero-order valence-corrected chi connectivity index (χ0v) is 12.2. The van der Waals surface area contributed by atoms with Gasteiger partial charge in [0.15, 0.2) is 0 Å². The van der Waals surface area contributed by atoms with E-state index in [1.54, 1.807) is 0 Å². The molecule has 1 aromatic rings. The van der Waals surface area contributed by atoms with Crippen LogP contribution in [0.25, 0.3) is 0 Å². The Morgan fingerprint density at radius 2 is 2.19 bits per heavy atom. The Labute approximate surface area is 125 Å². The molecule has 5 heteroatoms. The first-order valence-corrected chi connectivity index (χ1v) is 7.64. The Morgan fingerprint density at radius 1 is 1.33 bits per heavy atom. The summed E-state index contributed by atoms with van der Waals surface area (Å²) in [6, 6.07) is 9.61. The first kappa shape index (κ1) is 14.4. The van der Waals surface area contributed by atoms with Gasteiger partial charge in [-0.15, -0.1) is 0 Å². The molecule has 0 radical (unpaired) electrons. The van der Waals surface area contributed by atoms with Crippen molar-refractivity contribution in [2.24, 2.45) is 0 Å². The van der Waals surface area contributed by atoms with Crippen LogP contribution in [0.5, 0.6) is 5.75 Å². The summed E-state index contributed by atoms with van der Waals surface area (Å²) in [5.41, 5.74) is 0. The van der Waals surface area contributed by atoms with Gasteiger partial charge >= 0.3 is 0 Å². The van der Waals surface area contributed by atoms with E-state index in [1.165, 1.54) is 0 Å². The lowest BCUT2D eigenvalue weighted by Gasteiger charge is -2.36. The molecular formula is C16H22N2O3. The second-order valence-corrected chi connectivity index (χ2v) is 5.56. The van der Waals surface area contributed by atoms with Gasteiger partial charge in [0.1, 0.15) is 17.9 Å². The molecule has 21 heavy (non-hydrogen) atoms. The summed E-state index contributed by atoms with van der Waals surface area (Å²) in [5, 5.41) is 3.22. The van der Waals surface area contributed by atoms with Crippen molar-refractivity contribution in [3.8, 4) is 5.75 Å². The van der Waals surface area contributed by atoms with Crippen LogP contribution in [0.4, 0.5) is 0 Å². The number of carbonyl (C=O) groups excluding carboxylic acids is 1. The minimum absolute atomic E-state index is 0.0783. The number of amides is 1. The molecule has 1 amide bonds. The van der Waals surface area contributed by atoms with Crippen LogP contribution in [-0.2, 0) is 9.53 Å². The molecule has 2 saturated heterocycles. The van der Waals surface area contributed by atoms with Gasteiger partial charge in [0.25, 0.3) is 0 Å². The molecule has 5 nitrogen and oxygen atoms in total. The fraction of sp³-hybridized carbons (Fsp3) is 0.562. The topological polar surface area (TPSA) is 50.8 Å². The van der Waals surface area contributed by atoms with Gasteiger partial charge in [-0.1, -0.05) is 18.2 Å². The molecule has 2 atom stereocenters. The van der Waals surface area contributed by atoms with E-state index in [-0.39, 0.29) is 18.1 Å². The number of rotatable bonds is 3. The number of ether oxygens (including phenoxy) is 2. The number of nitrogens with zero attached hydrogens (tertiary/aromatic N) is 1. The second-order valence-electron chi connectivity index (χ2n) is 5.56. The van der Waals surface area contributed by atoms with Gasteiger partial charge in [0.2, 0.25) is 5.91 Å². The largest absolute Gasteiger partial charge is 0.489 e. The Hall–Kier alpha value is -1.59. The fourth-order valence-corrected chi connectivity index (χ4v) is 2.87. The molecular weight excluding hydrogens is 268 g/mol. The predicted octanol–water partition coefficient (Wildman–Crippen LogP) is 1.04. The number of hydrogen-bond donors (Lipinski definition) is 1. The number of morpholine rings is 1. The van der Waals surface area contributed by atoms with Crippen molar-refractivity contribution in [1.82, 2.24) is 10.2 Å². The fourth-order valence-electron chi connectivity index (χ4n) is 2.87. The molecule has 2 fully saturated rings. The molecule has 2 unspecified atom stereocenters. The van der Waals surface area contributed by atoms with Crippen LogP contribution in [0.1, 0.15) is 12.8 Å². The van der Waals surface area contributed by atoms with Gasteiger partial charge in [-0.05, 0) is 25.0 Å². The van der Waals surface area contributed by atoms with Crippen molar-refractivity contribution in [3.05, 3.63) is 30.3 Å². The number of para-hydroxylation sites is 1. The molecule has 0 aliphatic carbocycles. The minimum atomic E-state index is -0.200. The summed E-state index contributed by atoms with van der Waals surface area (Å²) in [5.74, 6) is 1.01. The highest BCUT2D eigenvalue weighted by Crippen LogP contribution is 2.18. The lowest BCUT2D eigenvalue weighted by Crippen LogP contribution is -2.55. The first-order valence-electron chi connectivity index (χ1n) is 7.64. The average Bonchev–Trinajstić information content (AvgIpc) is 2.56. The molecule has 1 N–H and O–H groups in total. The second kappa shape index (κ2) is 6.91. The average molecular weight is 290 g/mol. The monoisotopic (exact) mass is 290 g/mol. The molecule has 2 aliphatic heterocycles. The van der Waals surface area contributed by atoms with E-state index < -0.39 is 0 Å². The van der Waals surface area contributed by atoms with E-state index in [1.807, 2.05) is 35.2 Å². The maximum Gasteiger partial charge on any atom is 0.242 e. The number of likely N-dealkylation sites (tertiary alicyclic amines) is 1. The minimum Gasteiger partial charge on any atom is -0.489 e. The van der Waals surface area contributed by atoms with Crippen LogP contribution in [0, 0.1) is 0 Å². The van der Waals surface area contributed by atoms with Gasteiger partial charge in [-0.25, -0.2) is 0 Å². The van der Waals surface area contributed by atoms with E-state index in [0.717, 1.165) is 31.7 Å². The number of hydrogen-bond acceptors (Lipinski definition) is 4. The van der Waals surface area contributed by atoms with Crippen LogP contribution in [0.3, 0.4) is 0 Å². The number of carbonyl (C=O) groups is 1. The molecule has 114 valence electrons. The summed E-state index contributed by atoms with van der Waals surface area (Å²) in [4.78, 5) is 14.4. The summed E-state index contributed by atoms with van der Waals surface area (Å²) in [6.07, 6.45) is 2.05. The summed E-state index contributed by atoms with van der Waals surface area (Å²) in [7, 11) is 0. The Bertz CT molecular complexity index is 460. The molecule has 2 heterocycles. The number of nitrogens with one attached hydrogen (secondary N) is 1. The summed E-state index contributed by atoms with van der Waals surface area (Å²) >= 11 is 0. The first-order chi connectivity index (χ1) is 10.3. The van der Waals surface area contributed by atoms with Crippen molar-refractivity contribution in [1.29, 1.82) is 0 Å². The van der Waals surface area contributed by atoms with Gasteiger partial charge in [0, 0.05) is 13.1 Å². The third kappa shape index (κ3) is 3.74.